The molecular formula is C21H15F3N4OS. The van der Waals surface area contributed by atoms with Crippen molar-refractivity contribution in [2.75, 3.05) is 6.54 Å². The van der Waals surface area contributed by atoms with E-state index in [4.69, 9.17) is 0 Å². The number of fused-ring (bicyclic) bond motifs is 2. The van der Waals surface area contributed by atoms with Crippen LogP contribution in [0.2, 0.25) is 0 Å². The number of carbonyl (C=O) groups is 1. The Bertz CT molecular complexity index is 1250. The van der Waals surface area contributed by atoms with Gasteiger partial charge in [0.25, 0.3) is 5.91 Å². The molecule has 1 aliphatic rings. The molecule has 0 saturated carbocycles. The van der Waals surface area contributed by atoms with Crippen molar-refractivity contribution in [2.24, 2.45) is 0 Å². The summed E-state index contributed by atoms with van der Waals surface area (Å²) in [6, 6.07) is 12.3. The Labute approximate surface area is 173 Å². The van der Waals surface area contributed by atoms with Crippen molar-refractivity contribution < 1.29 is 18.0 Å². The monoisotopic (exact) mass is 428 g/mol. The van der Waals surface area contributed by atoms with Crippen molar-refractivity contribution >= 4 is 22.9 Å². The van der Waals surface area contributed by atoms with Gasteiger partial charge in [-0.2, -0.15) is 18.3 Å². The number of benzene rings is 1. The highest BCUT2D eigenvalue weighted by Crippen LogP contribution is 2.34. The molecule has 0 saturated heterocycles. The smallest absolute Gasteiger partial charge is 0.334 e. The lowest BCUT2D eigenvalue weighted by molar-refractivity contribution is -0.142. The number of amides is 1. The van der Waals surface area contributed by atoms with Gasteiger partial charge >= 0.3 is 6.18 Å². The van der Waals surface area contributed by atoms with Crippen LogP contribution >= 0.6 is 11.3 Å². The number of hydrogen-bond donors (Lipinski definition) is 0. The summed E-state index contributed by atoms with van der Waals surface area (Å²) >= 11 is 1.29. The van der Waals surface area contributed by atoms with Crippen LogP contribution in [0.1, 0.15) is 27.2 Å². The maximum atomic E-state index is 13.7. The number of carbonyl (C=O) groups excluding carboxylic acids is 1. The van der Waals surface area contributed by atoms with Gasteiger partial charge in [-0.1, -0.05) is 30.3 Å². The van der Waals surface area contributed by atoms with Gasteiger partial charge < -0.3 is 4.90 Å². The predicted octanol–water partition coefficient (Wildman–Crippen LogP) is 4.68. The fourth-order valence-electron chi connectivity index (χ4n) is 3.71. The Morgan fingerprint density at radius 2 is 1.90 bits per heavy atom. The number of nitrogens with zero attached hydrogens (tertiary/aromatic N) is 4. The van der Waals surface area contributed by atoms with Gasteiger partial charge in [0, 0.05) is 13.1 Å². The van der Waals surface area contributed by atoms with Crippen molar-refractivity contribution in [3.05, 3.63) is 76.4 Å². The molecule has 0 atom stereocenters. The quantitative estimate of drug-likeness (QED) is 0.466. The van der Waals surface area contributed by atoms with Gasteiger partial charge in [0.1, 0.15) is 5.56 Å². The molecule has 0 aliphatic carbocycles. The molecule has 0 bridgehead atoms. The second kappa shape index (κ2) is 6.94. The molecule has 4 aromatic rings. The van der Waals surface area contributed by atoms with Crippen molar-refractivity contribution in [1.82, 2.24) is 19.5 Å². The summed E-state index contributed by atoms with van der Waals surface area (Å²) in [5.41, 5.74) is 1.41. The lowest BCUT2D eigenvalue weighted by Gasteiger charge is -2.28. The zero-order valence-corrected chi connectivity index (χ0v) is 16.4. The summed E-state index contributed by atoms with van der Waals surface area (Å²) in [6.07, 6.45) is -2.76. The third kappa shape index (κ3) is 3.15. The van der Waals surface area contributed by atoms with Gasteiger partial charge in [0.15, 0.2) is 11.3 Å². The van der Waals surface area contributed by atoms with Crippen LogP contribution in [0.15, 0.2) is 54.0 Å². The number of rotatable bonds is 2. The van der Waals surface area contributed by atoms with Crippen LogP contribution in [0.3, 0.4) is 0 Å². The van der Waals surface area contributed by atoms with Crippen LogP contribution in [0, 0.1) is 0 Å². The molecule has 1 aromatic carbocycles. The number of aromatic nitrogens is 3. The lowest BCUT2D eigenvalue weighted by Crippen LogP contribution is -2.36. The number of alkyl halides is 3. The Morgan fingerprint density at radius 3 is 2.63 bits per heavy atom. The molecular weight excluding hydrogens is 413 g/mol. The third-order valence-corrected chi connectivity index (χ3v) is 6.08. The van der Waals surface area contributed by atoms with E-state index in [0.29, 0.717) is 28.9 Å². The molecule has 0 radical (unpaired) electrons. The molecule has 3 aromatic heterocycles. The van der Waals surface area contributed by atoms with Crippen molar-refractivity contribution in [1.29, 1.82) is 0 Å². The fraction of sp³-hybridized carbons (Fsp3) is 0.190. The average molecular weight is 428 g/mol. The standard InChI is InChI=1S/C21H15F3N4OS/c22-21(23,24)18-10-16(17-6-3-9-30-17)26-19-15(11-25-28(18)19)20(29)27-8-7-13-4-1-2-5-14(13)12-27/h1-6,9-11H,7-8,12H2. The molecule has 0 unspecified atom stereocenters. The molecule has 1 amide bonds. The number of hydrogen-bond acceptors (Lipinski definition) is 4. The Balaban J connectivity index is 1.60. The van der Waals surface area contributed by atoms with E-state index in [0.717, 1.165) is 11.6 Å². The van der Waals surface area contributed by atoms with Crippen LogP contribution in [-0.4, -0.2) is 31.9 Å². The van der Waals surface area contributed by atoms with Crippen LogP contribution in [0.25, 0.3) is 16.2 Å². The molecule has 30 heavy (non-hydrogen) atoms. The van der Waals surface area contributed by atoms with E-state index in [2.05, 4.69) is 10.1 Å². The molecule has 0 N–H and O–H groups in total. The van der Waals surface area contributed by atoms with Crippen molar-refractivity contribution in [3.63, 3.8) is 0 Å². The number of halogens is 3. The maximum absolute atomic E-state index is 13.7. The van der Waals surface area contributed by atoms with Crippen LogP contribution in [-0.2, 0) is 19.1 Å². The highest BCUT2D eigenvalue weighted by Gasteiger charge is 2.36. The second-order valence-electron chi connectivity index (χ2n) is 7.04. The summed E-state index contributed by atoms with van der Waals surface area (Å²) in [4.78, 5) is 19.8. The topological polar surface area (TPSA) is 50.5 Å². The molecule has 5 nitrogen and oxygen atoms in total. The normalized spacial score (nSPS) is 14.2. The zero-order chi connectivity index (χ0) is 20.9. The Hall–Kier alpha value is -3.20. The third-order valence-electron chi connectivity index (χ3n) is 5.18. The van der Waals surface area contributed by atoms with Crippen LogP contribution in [0.4, 0.5) is 13.2 Å². The first-order valence-electron chi connectivity index (χ1n) is 9.28. The maximum Gasteiger partial charge on any atom is 0.433 e. The highest BCUT2D eigenvalue weighted by molar-refractivity contribution is 7.13. The zero-order valence-electron chi connectivity index (χ0n) is 15.6. The van der Waals surface area contributed by atoms with Crippen LogP contribution < -0.4 is 0 Å². The summed E-state index contributed by atoms with van der Waals surface area (Å²) in [5, 5.41) is 5.62. The summed E-state index contributed by atoms with van der Waals surface area (Å²) in [6.45, 7) is 0.896. The second-order valence-corrected chi connectivity index (χ2v) is 7.99. The number of thiophene rings is 1. The minimum Gasteiger partial charge on any atom is -0.334 e. The highest BCUT2D eigenvalue weighted by atomic mass is 32.1. The first-order chi connectivity index (χ1) is 14.4. The largest absolute Gasteiger partial charge is 0.433 e. The van der Waals surface area contributed by atoms with E-state index in [1.165, 1.54) is 23.1 Å². The van der Waals surface area contributed by atoms with Gasteiger partial charge in [0.05, 0.1) is 16.8 Å². The van der Waals surface area contributed by atoms with Gasteiger partial charge in [-0.05, 0) is 35.1 Å². The molecule has 5 rings (SSSR count). The van der Waals surface area contributed by atoms with E-state index in [1.807, 2.05) is 24.3 Å². The van der Waals surface area contributed by atoms with Gasteiger partial charge in [0.2, 0.25) is 0 Å². The summed E-state index contributed by atoms with van der Waals surface area (Å²) in [7, 11) is 0. The SMILES string of the molecule is O=C(c1cnn2c(C(F)(F)F)cc(-c3cccs3)nc12)N1CCc2ccccc2C1. The first kappa shape index (κ1) is 18.8. The minimum atomic E-state index is -4.64. The average Bonchev–Trinajstić information content (AvgIpc) is 3.41. The predicted molar refractivity (Wildman–Crippen MR) is 106 cm³/mol. The fourth-order valence-corrected chi connectivity index (χ4v) is 4.39. The van der Waals surface area contributed by atoms with E-state index in [-0.39, 0.29) is 22.8 Å². The van der Waals surface area contributed by atoms with Crippen LogP contribution in [0.5, 0.6) is 0 Å². The summed E-state index contributed by atoms with van der Waals surface area (Å²) < 4.78 is 41.8. The Morgan fingerprint density at radius 1 is 1.10 bits per heavy atom. The van der Waals surface area contributed by atoms with E-state index < -0.39 is 11.9 Å². The molecule has 152 valence electrons. The van der Waals surface area contributed by atoms with E-state index >= 15 is 0 Å². The van der Waals surface area contributed by atoms with E-state index in [9.17, 15) is 18.0 Å². The molecule has 0 spiro atoms. The molecule has 4 heterocycles. The first-order valence-corrected chi connectivity index (χ1v) is 10.2. The van der Waals surface area contributed by atoms with Gasteiger partial charge in [-0.3, -0.25) is 4.79 Å². The Kier molecular flexibility index (Phi) is 4.35. The summed E-state index contributed by atoms with van der Waals surface area (Å²) in [5.74, 6) is -0.372. The van der Waals surface area contributed by atoms with E-state index in [1.54, 1.807) is 22.4 Å². The molecule has 0 fully saturated rings. The van der Waals surface area contributed by atoms with Gasteiger partial charge in [-0.15, -0.1) is 11.3 Å². The van der Waals surface area contributed by atoms with Crippen molar-refractivity contribution in [3.8, 4) is 10.6 Å². The minimum absolute atomic E-state index is 0.0679. The molecule has 1 aliphatic heterocycles. The van der Waals surface area contributed by atoms with Gasteiger partial charge in [-0.25, -0.2) is 9.50 Å². The van der Waals surface area contributed by atoms with Crippen molar-refractivity contribution in [2.45, 2.75) is 19.1 Å². The lowest BCUT2D eigenvalue weighted by atomic mass is 9.99. The molecule has 9 heteroatoms.